The first kappa shape index (κ1) is 48.2. The van der Waals surface area contributed by atoms with Gasteiger partial charge in [0, 0.05) is 41.3 Å². The van der Waals surface area contributed by atoms with E-state index >= 15 is 0 Å². The molecule has 2 fully saturated rings. The van der Waals surface area contributed by atoms with E-state index in [1.165, 1.54) is 19.3 Å². The van der Waals surface area contributed by atoms with Gasteiger partial charge >= 0.3 is 25.6 Å². The summed E-state index contributed by atoms with van der Waals surface area (Å²) < 4.78 is 45.0. The summed E-state index contributed by atoms with van der Waals surface area (Å²) in [5.74, 6) is -1.81. The summed E-state index contributed by atoms with van der Waals surface area (Å²) in [7, 11) is -3.66. The molecule has 2 saturated heterocycles. The zero-order chi connectivity index (χ0) is 48.5. The van der Waals surface area contributed by atoms with Crippen LogP contribution in [0, 0.1) is 6.92 Å². The number of rotatable bonds is 15. The zero-order valence-corrected chi connectivity index (χ0v) is 41.1. The van der Waals surface area contributed by atoms with Crippen molar-refractivity contribution in [2.45, 2.75) is 117 Å². The van der Waals surface area contributed by atoms with Crippen LogP contribution >= 0.6 is 7.60 Å². The highest BCUT2D eigenvalue weighted by molar-refractivity contribution is 7.54. The first-order chi connectivity index (χ1) is 33.4. The summed E-state index contributed by atoms with van der Waals surface area (Å²) in [5.41, 5.74) is 4.93. The van der Waals surface area contributed by atoms with E-state index in [0.717, 1.165) is 53.6 Å². The van der Waals surface area contributed by atoms with Crippen LogP contribution in [-0.4, -0.2) is 82.8 Å². The molecule has 69 heavy (non-hydrogen) atoms. The predicted octanol–water partition coefficient (Wildman–Crippen LogP) is 9.57. The molecule has 0 radical (unpaired) electrons. The van der Waals surface area contributed by atoms with Crippen LogP contribution in [0.25, 0.3) is 22.3 Å². The van der Waals surface area contributed by atoms with E-state index in [1.54, 1.807) is 66.6 Å². The number of nitrogens with one attached hydrogen (secondary N) is 1. The van der Waals surface area contributed by atoms with Gasteiger partial charge in [-0.25, -0.2) is 14.6 Å². The zero-order valence-electron chi connectivity index (χ0n) is 40.2. The number of cyclic esters (lactones) is 1. The molecule has 0 aliphatic carbocycles. The molecule has 0 saturated carbocycles. The third-order valence-corrected chi connectivity index (χ3v) is 16.5. The molecule has 16 heteroatoms. The molecule has 2 aromatic heterocycles. The summed E-state index contributed by atoms with van der Waals surface area (Å²) in [6, 6.07) is 22.4. The number of fused-ring (bicyclic) bond motifs is 5. The van der Waals surface area contributed by atoms with Crippen LogP contribution in [-0.2, 0) is 64.3 Å². The number of amides is 1. The molecule has 4 aliphatic heterocycles. The molecule has 2 atom stereocenters. The van der Waals surface area contributed by atoms with Gasteiger partial charge in [0.1, 0.15) is 12.4 Å². The van der Waals surface area contributed by atoms with Gasteiger partial charge in [-0.1, -0.05) is 62.2 Å². The number of piperidine rings is 2. The maximum Gasteiger partial charge on any atom is 0.415 e. The Bertz CT molecular complexity index is 2840. The molecule has 15 nitrogen and oxygen atoms in total. The van der Waals surface area contributed by atoms with Crippen LogP contribution in [0.4, 0.5) is 10.5 Å². The molecule has 1 N–H and O–H groups in total. The molecule has 2 unspecified atom stereocenters. The van der Waals surface area contributed by atoms with Crippen LogP contribution < -0.4 is 15.6 Å². The molecule has 4 aliphatic rings. The average Bonchev–Trinajstić information content (AvgIpc) is 3.73. The highest BCUT2D eigenvalue weighted by Crippen LogP contribution is 2.61. The smallest absolute Gasteiger partial charge is 0.415 e. The number of hydrogen-bond donors (Lipinski definition) is 1. The quantitative estimate of drug-likeness (QED) is 0.0764. The van der Waals surface area contributed by atoms with Crippen LogP contribution in [0.1, 0.15) is 111 Å². The van der Waals surface area contributed by atoms with Crippen molar-refractivity contribution in [3.63, 3.8) is 0 Å². The maximum absolute atomic E-state index is 14.4. The fourth-order valence-corrected chi connectivity index (χ4v) is 12.5. The molecule has 0 spiro atoms. The van der Waals surface area contributed by atoms with Crippen molar-refractivity contribution in [3.05, 3.63) is 122 Å². The summed E-state index contributed by atoms with van der Waals surface area (Å²) in [4.78, 5) is 65.1. The normalized spacial score (nSPS) is 18.8. The van der Waals surface area contributed by atoms with Crippen molar-refractivity contribution < 1.29 is 42.2 Å². The van der Waals surface area contributed by atoms with Gasteiger partial charge in [-0.05, 0) is 125 Å². The Morgan fingerprint density at radius 1 is 0.884 bits per heavy atom. The molecule has 5 aromatic rings. The number of aryl methyl sites for hydroxylation is 2. The van der Waals surface area contributed by atoms with Crippen LogP contribution in [0.15, 0.2) is 77.6 Å². The summed E-state index contributed by atoms with van der Waals surface area (Å²) in [6.07, 6.45) is 5.77. The van der Waals surface area contributed by atoms with E-state index < -0.39 is 30.9 Å². The lowest BCUT2D eigenvalue weighted by molar-refractivity contribution is -0.189. The predicted molar refractivity (Wildman–Crippen MR) is 262 cm³/mol. The minimum Gasteiger partial charge on any atom is -0.457 e. The second-order valence-electron chi connectivity index (χ2n) is 18.4. The van der Waals surface area contributed by atoms with Gasteiger partial charge in [-0.3, -0.25) is 14.2 Å². The van der Waals surface area contributed by atoms with Gasteiger partial charge in [0.25, 0.3) is 5.56 Å². The number of esters is 2. The molecular weight excluding hydrogens is 898 g/mol. The molecule has 6 heterocycles. The Labute approximate surface area is 403 Å². The highest BCUT2D eigenvalue weighted by atomic mass is 31.2. The van der Waals surface area contributed by atoms with Gasteiger partial charge in [0.2, 0.25) is 5.60 Å². The number of carbonyl (C=O) groups is 3. The van der Waals surface area contributed by atoms with Crippen molar-refractivity contribution >= 4 is 42.2 Å². The maximum atomic E-state index is 14.4. The number of pyridine rings is 2. The Balaban J connectivity index is 0.935. The Hall–Kier alpha value is -5.86. The minimum atomic E-state index is -3.66. The standard InChI is InChI=1S/C53H62N5O10P/c1-6-40-41-30-39(67-52(62)57-27-23-38(24-28-57)56-25-11-10-12-26-56)21-22-45(41)55-48-42(40)32-58-46(48)31-44-43(50(58)60)33-64-51(61)53(44,7-2)68-47(59)29-35-15-19-37(20-16-35)54-49(36-17-13-34(5)14-18-36)69(63,65-8-3)66-9-4/h13-22,30-31,38,49,54H,6-12,23-29,32-33H2,1-5H3. The molecule has 0 bridgehead atoms. The summed E-state index contributed by atoms with van der Waals surface area (Å²) in [5, 5.41) is 4.17. The van der Waals surface area contributed by atoms with Crippen LogP contribution in [0.2, 0.25) is 0 Å². The SMILES string of the molecule is CCOP(=O)(OCC)C(Nc1ccc(CC(=O)OC2(CC)C(=O)OCc3c2cc2n(c3=O)Cc3c-2nc2ccc(OC(=O)N4CCC(N5CCCCC5)CC4)cc2c3CC)cc1)c1ccc(C)cc1. The van der Waals surface area contributed by atoms with Crippen LogP contribution in [0.3, 0.4) is 0 Å². The first-order valence-electron chi connectivity index (χ1n) is 24.5. The minimum absolute atomic E-state index is 0.0204. The number of carbonyl (C=O) groups excluding carboxylic acids is 3. The van der Waals surface area contributed by atoms with Crippen molar-refractivity contribution in [3.8, 4) is 17.1 Å². The molecule has 364 valence electrons. The fourth-order valence-electron chi connectivity index (χ4n) is 10.5. The Kier molecular flexibility index (Phi) is 14.1. The Morgan fingerprint density at radius 3 is 2.26 bits per heavy atom. The van der Waals surface area contributed by atoms with Crippen molar-refractivity contribution in [2.24, 2.45) is 0 Å². The lowest BCUT2D eigenvalue weighted by Gasteiger charge is -2.39. The number of aromatic nitrogens is 2. The molecular formula is C53H62N5O10P. The van der Waals surface area contributed by atoms with E-state index in [9.17, 15) is 23.7 Å². The van der Waals surface area contributed by atoms with Gasteiger partial charge < -0.3 is 42.9 Å². The van der Waals surface area contributed by atoms with Crippen LogP contribution in [0.5, 0.6) is 5.75 Å². The average molecular weight is 960 g/mol. The number of benzene rings is 3. The lowest BCUT2D eigenvalue weighted by Crippen LogP contribution is -2.48. The monoisotopic (exact) mass is 959 g/mol. The van der Waals surface area contributed by atoms with E-state index in [2.05, 4.69) is 10.2 Å². The van der Waals surface area contributed by atoms with Gasteiger partial charge in [-0.2, -0.15) is 0 Å². The topological polar surface area (TPSA) is 168 Å². The number of likely N-dealkylation sites (tertiary alicyclic amines) is 2. The number of hydrogen-bond acceptors (Lipinski definition) is 13. The highest BCUT2D eigenvalue weighted by Gasteiger charge is 2.50. The number of nitrogens with zero attached hydrogens (tertiary/aromatic N) is 4. The number of ether oxygens (including phenoxy) is 3. The third kappa shape index (κ3) is 9.46. The van der Waals surface area contributed by atoms with Gasteiger partial charge in [0.05, 0.1) is 48.6 Å². The second kappa shape index (κ2) is 20.2. The third-order valence-electron chi connectivity index (χ3n) is 14.2. The number of anilines is 1. The lowest BCUT2D eigenvalue weighted by atomic mass is 9.85. The van der Waals surface area contributed by atoms with Crippen molar-refractivity contribution in [1.29, 1.82) is 0 Å². The summed E-state index contributed by atoms with van der Waals surface area (Å²) in [6.45, 7) is 13.2. The van der Waals surface area contributed by atoms with E-state index in [4.69, 9.17) is 28.2 Å². The first-order valence-corrected chi connectivity index (χ1v) is 26.1. The van der Waals surface area contributed by atoms with E-state index in [1.807, 2.05) is 50.2 Å². The van der Waals surface area contributed by atoms with E-state index in [0.29, 0.717) is 59.5 Å². The van der Waals surface area contributed by atoms with Gasteiger partial charge in [-0.15, -0.1) is 0 Å². The fraction of sp³-hybridized carbons (Fsp3) is 0.453. The molecule has 9 rings (SSSR count). The van der Waals surface area contributed by atoms with Gasteiger partial charge in [0.15, 0.2) is 5.78 Å². The Morgan fingerprint density at radius 2 is 1.59 bits per heavy atom. The molecule has 3 aromatic carbocycles. The molecule has 1 amide bonds. The van der Waals surface area contributed by atoms with E-state index in [-0.39, 0.29) is 62.0 Å². The van der Waals surface area contributed by atoms with Crippen molar-refractivity contribution in [2.75, 3.05) is 44.7 Å². The summed E-state index contributed by atoms with van der Waals surface area (Å²) >= 11 is 0. The van der Waals surface area contributed by atoms with Crippen molar-refractivity contribution in [1.82, 2.24) is 19.4 Å². The second-order valence-corrected chi connectivity index (χ2v) is 20.5. The largest absolute Gasteiger partial charge is 0.457 e.